The summed E-state index contributed by atoms with van der Waals surface area (Å²) in [5.41, 5.74) is 0.752. The number of aromatic nitrogens is 5. The van der Waals surface area contributed by atoms with Gasteiger partial charge in [0, 0.05) is 30.9 Å². The van der Waals surface area contributed by atoms with Gasteiger partial charge in [-0.25, -0.2) is 15.0 Å². The SMILES string of the molecule is O=C(NC1CCC(NC2=CCCc3nc(C(F)(F)F)cn32)CC1)c1ccnc2nc[nH]c12. The van der Waals surface area contributed by atoms with Crippen molar-refractivity contribution in [1.29, 1.82) is 0 Å². The van der Waals surface area contributed by atoms with Crippen molar-refractivity contribution in [1.82, 2.24) is 35.1 Å². The molecule has 0 atom stereocenters. The van der Waals surface area contributed by atoms with Gasteiger partial charge in [0.25, 0.3) is 5.91 Å². The van der Waals surface area contributed by atoms with Crippen LogP contribution in [0.15, 0.2) is 30.9 Å². The maximum atomic E-state index is 13.0. The Morgan fingerprint density at radius 3 is 2.72 bits per heavy atom. The second-order valence-electron chi connectivity index (χ2n) is 8.16. The van der Waals surface area contributed by atoms with Crippen molar-refractivity contribution < 1.29 is 18.0 Å². The number of H-pyrrole nitrogens is 1. The van der Waals surface area contributed by atoms with Gasteiger partial charge >= 0.3 is 6.18 Å². The summed E-state index contributed by atoms with van der Waals surface area (Å²) in [6.45, 7) is 0. The average molecular weight is 445 g/mol. The van der Waals surface area contributed by atoms with Crippen LogP contribution in [0, 0.1) is 0 Å². The third-order valence-electron chi connectivity index (χ3n) is 6.02. The van der Waals surface area contributed by atoms with Gasteiger partial charge in [-0.05, 0) is 44.2 Å². The van der Waals surface area contributed by atoms with E-state index in [2.05, 4.69) is 30.6 Å². The number of aryl methyl sites for hydroxylation is 1. The van der Waals surface area contributed by atoms with E-state index in [1.165, 1.54) is 10.9 Å². The largest absolute Gasteiger partial charge is 0.434 e. The van der Waals surface area contributed by atoms with E-state index in [1.54, 1.807) is 12.3 Å². The standard InChI is InChI=1S/C21H22F3N7O/c22-21(23,24)15-10-31-16(2-1-3-17(31)30-15)28-12-4-6-13(7-5-12)29-20(32)14-8-9-25-19-18(14)26-11-27-19/h2,8-13,28H,1,3-7H2,(H,29,32)(H,25,26,27). The van der Waals surface area contributed by atoms with Crippen LogP contribution >= 0.6 is 0 Å². The first-order valence-electron chi connectivity index (χ1n) is 10.6. The number of allylic oxidation sites excluding steroid dienone is 1. The molecule has 1 fully saturated rings. The molecule has 168 valence electrons. The molecular weight excluding hydrogens is 423 g/mol. The Labute approximate surface area is 181 Å². The Bertz CT molecular complexity index is 1170. The second kappa shape index (κ2) is 7.95. The van der Waals surface area contributed by atoms with Gasteiger partial charge in [0.2, 0.25) is 0 Å². The number of nitrogens with zero attached hydrogens (tertiary/aromatic N) is 4. The zero-order chi connectivity index (χ0) is 22.3. The number of fused-ring (bicyclic) bond motifs is 2. The molecule has 2 aliphatic rings. The highest BCUT2D eigenvalue weighted by atomic mass is 19.4. The van der Waals surface area contributed by atoms with Crippen LogP contribution in [0.5, 0.6) is 0 Å². The molecule has 0 spiro atoms. The first-order valence-corrected chi connectivity index (χ1v) is 10.6. The number of carbonyl (C=O) groups is 1. The quantitative estimate of drug-likeness (QED) is 0.573. The molecule has 3 N–H and O–H groups in total. The van der Waals surface area contributed by atoms with Crippen molar-refractivity contribution in [2.45, 2.75) is 56.8 Å². The Morgan fingerprint density at radius 2 is 1.94 bits per heavy atom. The lowest BCUT2D eigenvalue weighted by molar-refractivity contribution is -0.141. The number of aromatic amines is 1. The van der Waals surface area contributed by atoms with Crippen LogP contribution < -0.4 is 10.6 Å². The highest BCUT2D eigenvalue weighted by Gasteiger charge is 2.35. The first-order chi connectivity index (χ1) is 15.4. The molecule has 1 amide bonds. The molecule has 0 aromatic carbocycles. The average Bonchev–Trinajstić information content (AvgIpc) is 3.42. The van der Waals surface area contributed by atoms with Gasteiger partial charge in [-0.2, -0.15) is 13.2 Å². The minimum Gasteiger partial charge on any atom is -0.369 e. The second-order valence-corrected chi connectivity index (χ2v) is 8.16. The summed E-state index contributed by atoms with van der Waals surface area (Å²) in [6, 6.07) is 1.82. The molecule has 32 heavy (non-hydrogen) atoms. The van der Waals surface area contributed by atoms with Crippen LogP contribution in [0.25, 0.3) is 17.0 Å². The molecule has 4 heterocycles. The predicted molar refractivity (Wildman–Crippen MR) is 110 cm³/mol. The summed E-state index contributed by atoms with van der Waals surface area (Å²) < 4.78 is 40.6. The number of hydrogen-bond acceptors (Lipinski definition) is 5. The minimum atomic E-state index is -4.46. The van der Waals surface area contributed by atoms with Gasteiger partial charge < -0.3 is 15.6 Å². The van der Waals surface area contributed by atoms with Crippen LogP contribution in [0.4, 0.5) is 13.2 Å². The van der Waals surface area contributed by atoms with Crippen LogP contribution in [-0.4, -0.2) is 42.5 Å². The van der Waals surface area contributed by atoms with E-state index in [0.717, 1.165) is 31.9 Å². The molecule has 0 unspecified atom stereocenters. The zero-order valence-corrected chi connectivity index (χ0v) is 17.1. The van der Waals surface area contributed by atoms with Gasteiger partial charge in [0.1, 0.15) is 11.6 Å². The summed E-state index contributed by atoms with van der Waals surface area (Å²) in [5.74, 6) is 0.904. The fraction of sp³-hybridized carbons (Fsp3) is 0.429. The number of rotatable bonds is 4. The van der Waals surface area contributed by atoms with Crippen molar-refractivity contribution >= 4 is 22.9 Å². The van der Waals surface area contributed by atoms with E-state index in [-0.39, 0.29) is 18.0 Å². The van der Waals surface area contributed by atoms with Gasteiger partial charge in [-0.15, -0.1) is 0 Å². The number of amides is 1. The van der Waals surface area contributed by atoms with Gasteiger partial charge in [0.15, 0.2) is 11.3 Å². The number of hydrogen-bond donors (Lipinski definition) is 3. The van der Waals surface area contributed by atoms with Crippen LogP contribution in [0.1, 0.15) is 54.0 Å². The molecule has 1 saturated carbocycles. The van der Waals surface area contributed by atoms with E-state index < -0.39 is 11.9 Å². The number of alkyl halides is 3. The first kappa shape index (κ1) is 20.5. The maximum absolute atomic E-state index is 13.0. The number of halogens is 3. The molecule has 8 nitrogen and oxygen atoms in total. The fourth-order valence-corrected chi connectivity index (χ4v) is 4.40. The van der Waals surface area contributed by atoms with Gasteiger partial charge in [-0.1, -0.05) is 0 Å². The van der Waals surface area contributed by atoms with Crippen molar-refractivity contribution in [3.63, 3.8) is 0 Å². The molecule has 11 heteroatoms. The monoisotopic (exact) mass is 445 g/mol. The molecule has 0 bridgehead atoms. The number of imidazole rings is 2. The topological polar surface area (TPSA) is 101 Å². The lowest BCUT2D eigenvalue weighted by Crippen LogP contribution is -2.42. The third kappa shape index (κ3) is 3.94. The fourth-order valence-electron chi connectivity index (χ4n) is 4.40. The Hall–Kier alpha value is -3.37. The Balaban J connectivity index is 1.19. The van der Waals surface area contributed by atoms with Crippen molar-refractivity contribution in [2.75, 3.05) is 0 Å². The van der Waals surface area contributed by atoms with Crippen molar-refractivity contribution in [3.05, 3.63) is 47.9 Å². The smallest absolute Gasteiger partial charge is 0.369 e. The molecule has 3 aromatic heterocycles. The molecule has 0 radical (unpaired) electrons. The van der Waals surface area contributed by atoms with E-state index in [0.29, 0.717) is 41.2 Å². The third-order valence-corrected chi connectivity index (χ3v) is 6.02. The maximum Gasteiger partial charge on any atom is 0.434 e. The van der Waals surface area contributed by atoms with Crippen molar-refractivity contribution in [3.8, 4) is 0 Å². The van der Waals surface area contributed by atoms with Crippen LogP contribution in [0.3, 0.4) is 0 Å². The number of nitrogens with one attached hydrogen (secondary N) is 3. The summed E-state index contributed by atoms with van der Waals surface area (Å²) in [4.78, 5) is 27.6. The lowest BCUT2D eigenvalue weighted by Gasteiger charge is -2.32. The van der Waals surface area contributed by atoms with Gasteiger partial charge in [0.05, 0.1) is 17.4 Å². The molecule has 3 aromatic rings. The summed E-state index contributed by atoms with van der Waals surface area (Å²) in [6.07, 6.45) is 5.88. The number of carbonyl (C=O) groups excluding carboxylic acids is 1. The molecule has 5 rings (SSSR count). The zero-order valence-electron chi connectivity index (χ0n) is 17.1. The van der Waals surface area contributed by atoms with Crippen molar-refractivity contribution in [2.24, 2.45) is 0 Å². The summed E-state index contributed by atoms with van der Waals surface area (Å²) in [7, 11) is 0. The molecular formula is C21H22F3N7O. The minimum absolute atomic E-state index is 0.0349. The Morgan fingerprint density at radius 1 is 1.16 bits per heavy atom. The molecule has 0 saturated heterocycles. The Kier molecular flexibility index (Phi) is 5.10. The summed E-state index contributed by atoms with van der Waals surface area (Å²) >= 11 is 0. The molecule has 1 aliphatic carbocycles. The van der Waals surface area contributed by atoms with Crippen LogP contribution in [0.2, 0.25) is 0 Å². The van der Waals surface area contributed by atoms with Crippen LogP contribution in [-0.2, 0) is 12.6 Å². The van der Waals surface area contributed by atoms with E-state index in [1.807, 2.05) is 6.08 Å². The van der Waals surface area contributed by atoms with E-state index in [9.17, 15) is 18.0 Å². The summed E-state index contributed by atoms with van der Waals surface area (Å²) in [5, 5.41) is 6.47. The predicted octanol–water partition coefficient (Wildman–Crippen LogP) is 3.25. The van der Waals surface area contributed by atoms with E-state index in [4.69, 9.17) is 0 Å². The highest BCUT2D eigenvalue weighted by molar-refractivity contribution is 6.03. The van der Waals surface area contributed by atoms with Gasteiger partial charge in [-0.3, -0.25) is 9.36 Å². The highest BCUT2D eigenvalue weighted by Crippen LogP contribution is 2.31. The number of pyridine rings is 1. The normalized spacial score (nSPS) is 21.2. The van der Waals surface area contributed by atoms with E-state index >= 15 is 0 Å². The molecule has 1 aliphatic heterocycles. The lowest BCUT2D eigenvalue weighted by atomic mass is 9.91.